The van der Waals surface area contributed by atoms with E-state index in [1.165, 1.54) is 29.2 Å². The molecule has 11 nitrogen and oxygen atoms in total. The highest BCUT2D eigenvalue weighted by atomic mass is 16.6. The Morgan fingerprint density at radius 2 is 1.73 bits per heavy atom. The SMILES string of the molecule is N#Cc1ccc(Cn2cncc2CN(C(=O)c2ccc([N+](=O)[O-])cc2)c2ccc3[nH]c(C(=O)O)c(-c4ccccc4)c3c2)cc1. The Morgan fingerprint density at radius 1 is 1.00 bits per heavy atom. The maximum absolute atomic E-state index is 14.1. The minimum atomic E-state index is -1.11. The lowest BCUT2D eigenvalue weighted by molar-refractivity contribution is -0.384. The molecule has 4 aromatic carbocycles. The molecule has 1 amide bonds. The molecule has 0 atom stereocenters. The molecule has 0 unspecified atom stereocenters. The van der Waals surface area contributed by atoms with Crippen LogP contribution in [0, 0.1) is 21.4 Å². The Morgan fingerprint density at radius 3 is 2.40 bits per heavy atom. The van der Waals surface area contributed by atoms with Crippen molar-refractivity contribution in [2.45, 2.75) is 13.1 Å². The molecule has 0 bridgehead atoms. The number of nitro groups is 1. The molecule has 220 valence electrons. The Balaban J connectivity index is 1.44. The van der Waals surface area contributed by atoms with Crippen LogP contribution in [0.3, 0.4) is 0 Å². The van der Waals surface area contributed by atoms with Gasteiger partial charge in [0.05, 0.1) is 35.1 Å². The van der Waals surface area contributed by atoms with Gasteiger partial charge in [-0.15, -0.1) is 0 Å². The quantitative estimate of drug-likeness (QED) is 0.144. The van der Waals surface area contributed by atoms with E-state index < -0.39 is 16.8 Å². The van der Waals surface area contributed by atoms with Crippen LogP contribution in [0.4, 0.5) is 11.4 Å². The smallest absolute Gasteiger partial charge is 0.352 e. The van der Waals surface area contributed by atoms with Crippen LogP contribution in [-0.4, -0.2) is 36.4 Å². The molecule has 0 fully saturated rings. The van der Waals surface area contributed by atoms with E-state index in [9.17, 15) is 24.8 Å². The predicted molar refractivity (Wildman–Crippen MR) is 167 cm³/mol. The van der Waals surface area contributed by atoms with Crippen LogP contribution in [0.25, 0.3) is 22.0 Å². The molecule has 0 saturated carbocycles. The molecule has 0 aliphatic heterocycles. The average Bonchev–Trinajstić information content (AvgIpc) is 3.68. The van der Waals surface area contributed by atoms with Crippen molar-refractivity contribution >= 4 is 34.2 Å². The number of aromatic amines is 1. The van der Waals surface area contributed by atoms with Gasteiger partial charge in [0.1, 0.15) is 5.69 Å². The first kappa shape index (κ1) is 28.6. The van der Waals surface area contributed by atoms with Crippen molar-refractivity contribution in [3.8, 4) is 17.2 Å². The zero-order valence-corrected chi connectivity index (χ0v) is 23.6. The van der Waals surface area contributed by atoms with E-state index in [0.717, 1.165) is 5.56 Å². The van der Waals surface area contributed by atoms with Crippen molar-refractivity contribution in [2.24, 2.45) is 0 Å². The summed E-state index contributed by atoms with van der Waals surface area (Å²) in [4.78, 5) is 45.9. The average molecular weight is 597 g/mol. The standard InChI is InChI=1S/C34H24N6O5/c35-17-22-6-8-23(9-7-22)19-38-21-36-18-28(38)20-39(33(41)25-10-12-26(13-11-25)40(44)45)27-14-15-30-29(16-27)31(32(37-30)34(42)43)24-4-2-1-3-5-24/h1-16,18,21,37H,19-20H2,(H,42,43). The van der Waals surface area contributed by atoms with Crippen molar-refractivity contribution < 1.29 is 19.6 Å². The second-order valence-electron chi connectivity index (χ2n) is 10.3. The summed E-state index contributed by atoms with van der Waals surface area (Å²) in [5, 5.41) is 31.0. The number of nitrogens with zero attached hydrogens (tertiary/aromatic N) is 5. The summed E-state index contributed by atoms with van der Waals surface area (Å²) in [6.45, 7) is 0.534. The monoisotopic (exact) mass is 596 g/mol. The third kappa shape index (κ3) is 5.76. The van der Waals surface area contributed by atoms with E-state index in [4.69, 9.17) is 5.26 Å². The number of hydrogen-bond donors (Lipinski definition) is 2. The lowest BCUT2D eigenvalue weighted by Gasteiger charge is -2.24. The van der Waals surface area contributed by atoms with Crippen LogP contribution < -0.4 is 4.90 Å². The van der Waals surface area contributed by atoms with E-state index in [-0.39, 0.29) is 23.5 Å². The molecule has 0 saturated heterocycles. The van der Waals surface area contributed by atoms with Crippen molar-refractivity contribution in [3.05, 3.63) is 148 Å². The molecule has 0 spiro atoms. The molecule has 2 heterocycles. The summed E-state index contributed by atoms with van der Waals surface area (Å²) in [5.74, 6) is -1.53. The van der Waals surface area contributed by atoms with Crippen LogP contribution in [-0.2, 0) is 13.1 Å². The second-order valence-corrected chi connectivity index (χ2v) is 10.3. The van der Waals surface area contributed by atoms with Crippen LogP contribution >= 0.6 is 0 Å². The molecule has 0 aliphatic carbocycles. The number of fused-ring (bicyclic) bond motifs is 1. The number of hydrogen-bond acceptors (Lipinski definition) is 6. The number of nitro benzene ring substituents is 1. The van der Waals surface area contributed by atoms with Gasteiger partial charge in [-0.3, -0.25) is 14.9 Å². The number of aromatic nitrogens is 3. The molecule has 6 rings (SSSR count). The van der Waals surface area contributed by atoms with E-state index >= 15 is 0 Å². The minimum absolute atomic E-state index is 0.0297. The van der Waals surface area contributed by atoms with Gasteiger partial charge in [0.15, 0.2) is 0 Å². The Bertz CT molecular complexity index is 2090. The number of carbonyl (C=O) groups excluding carboxylic acids is 1. The van der Waals surface area contributed by atoms with Gasteiger partial charge in [0.25, 0.3) is 11.6 Å². The van der Waals surface area contributed by atoms with Crippen molar-refractivity contribution in [1.82, 2.24) is 14.5 Å². The number of nitrogens with one attached hydrogen (secondary N) is 1. The summed E-state index contributed by atoms with van der Waals surface area (Å²) in [6.07, 6.45) is 3.32. The van der Waals surface area contributed by atoms with Crippen LogP contribution in [0.1, 0.15) is 37.7 Å². The second kappa shape index (κ2) is 12.0. The Labute approximate surface area is 256 Å². The number of aromatic carboxylic acids is 1. The van der Waals surface area contributed by atoms with E-state index in [2.05, 4.69) is 16.0 Å². The van der Waals surface area contributed by atoms with Gasteiger partial charge < -0.3 is 19.6 Å². The molecule has 11 heteroatoms. The first-order valence-electron chi connectivity index (χ1n) is 13.8. The van der Waals surface area contributed by atoms with Gasteiger partial charge in [-0.1, -0.05) is 42.5 Å². The summed E-state index contributed by atoms with van der Waals surface area (Å²) in [7, 11) is 0. The third-order valence-electron chi connectivity index (χ3n) is 7.49. The summed E-state index contributed by atoms with van der Waals surface area (Å²) in [6, 6.07) is 29.0. The normalized spacial score (nSPS) is 10.8. The molecule has 0 aliphatic rings. The minimum Gasteiger partial charge on any atom is -0.477 e. The summed E-state index contributed by atoms with van der Waals surface area (Å²) in [5.41, 5.74) is 4.59. The highest BCUT2D eigenvalue weighted by Crippen LogP contribution is 2.35. The van der Waals surface area contributed by atoms with E-state index in [0.29, 0.717) is 45.5 Å². The van der Waals surface area contributed by atoms with Crippen LogP contribution in [0.5, 0.6) is 0 Å². The number of rotatable bonds is 9. The molecule has 6 aromatic rings. The fraction of sp³-hybridized carbons (Fsp3) is 0.0588. The number of imidazole rings is 1. The summed E-state index contributed by atoms with van der Waals surface area (Å²) < 4.78 is 1.89. The molecule has 0 radical (unpaired) electrons. The van der Waals surface area contributed by atoms with Crippen molar-refractivity contribution in [1.29, 1.82) is 5.26 Å². The van der Waals surface area contributed by atoms with Crippen molar-refractivity contribution in [3.63, 3.8) is 0 Å². The maximum atomic E-state index is 14.1. The third-order valence-corrected chi connectivity index (χ3v) is 7.49. The largest absolute Gasteiger partial charge is 0.477 e. The number of nitriles is 1. The van der Waals surface area contributed by atoms with E-state index in [1.54, 1.807) is 42.9 Å². The highest BCUT2D eigenvalue weighted by Gasteiger charge is 2.24. The van der Waals surface area contributed by atoms with Gasteiger partial charge in [0, 0.05) is 52.6 Å². The van der Waals surface area contributed by atoms with Crippen molar-refractivity contribution in [2.75, 3.05) is 4.90 Å². The molecule has 2 N–H and O–H groups in total. The fourth-order valence-corrected chi connectivity index (χ4v) is 5.24. The van der Waals surface area contributed by atoms with Crippen LogP contribution in [0.2, 0.25) is 0 Å². The number of benzene rings is 4. The highest BCUT2D eigenvalue weighted by molar-refractivity contribution is 6.11. The molecular formula is C34H24N6O5. The first-order valence-corrected chi connectivity index (χ1v) is 13.8. The zero-order valence-electron chi connectivity index (χ0n) is 23.6. The number of non-ortho nitro benzene ring substituents is 1. The zero-order chi connectivity index (χ0) is 31.5. The first-order chi connectivity index (χ1) is 21.8. The number of anilines is 1. The Hall–Kier alpha value is -6.54. The number of carbonyl (C=O) groups is 2. The van der Waals surface area contributed by atoms with Gasteiger partial charge in [-0.05, 0) is 53.6 Å². The molecule has 2 aromatic heterocycles. The van der Waals surface area contributed by atoms with Gasteiger partial charge in [-0.2, -0.15) is 5.26 Å². The lowest BCUT2D eigenvalue weighted by Crippen LogP contribution is -2.31. The van der Waals surface area contributed by atoms with E-state index in [1.807, 2.05) is 47.0 Å². The lowest BCUT2D eigenvalue weighted by atomic mass is 10.0. The number of carboxylic acid groups (broad SMARTS) is 1. The molecular weight excluding hydrogens is 572 g/mol. The fourth-order valence-electron chi connectivity index (χ4n) is 5.24. The van der Waals surface area contributed by atoms with Gasteiger partial charge in [-0.25, -0.2) is 9.78 Å². The predicted octanol–water partition coefficient (Wildman–Crippen LogP) is 6.40. The number of H-pyrrole nitrogens is 1. The topological polar surface area (TPSA) is 158 Å². The summed E-state index contributed by atoms with van der Waals surface area (Å²) >= 11 is 0. The van der Waals surface area contributed by atoms with Crippen LogP contribution in [0.15, 0.2) is 110 Å². The number of amides is 1. The Kier molecular flexibility index (Phi) is 7.61. The molecule has 45 heavy (non-hydrogen) atoms. The maximum Gasteiger partial charge on any atom is 0.352 e. The van der Waals surface area contributed by atoms with Gasteiger partial charge >= 0.3 is 5.97 Å². The van der Waals surface area contributed by atoms with Gasteiger partial charge in [0.2, 0.25) is 0 Å². The number of carboxylic acids is 1.